The van der Waals surface area contributed by atoms with Crippen molar-refractivity contribution in [2.24, 2.45) is 0 Å². The number of rotatable bonds is 5. The molecule has 1 aliphatic heterocycles. The van der Waals surface area contributed by atoms with Crippen LogP contribution in [0.25, 0.3) is 0 Å². The SMILES string of the molecule is CN(C(=O)CCN1CCN(C(=O)c2ccccc2)CC1)c1cc[c]([Ge])cc1. The second kappa shape index (κ2) is 9.19. The van der Waals surface area contributed by atoms with Crippen LogP contribution in [0, 0.1) is 0 Å². The van der Waals surface area contributed by atoms with Gasteiger partial charge in [0, 0.05) is 5.56 Å². The van der Waals surface area contributed by atoms with Gasteiger partial charge in [-0.2, -0.15) is 0 Å². The van der Waals surface area contributed by atoms with Crippen molar-refractivity contribution in [3.05, 3.63) is 60.2 Å². The maximum atomic E-state index is 12.5. The topological polar surface area (TPSA) is 43.9 Å². The second-order valence-corrected chi connectivity index (χ2v) is 7.96. The summed E-state index contributed by atoms with van der Waals surface area (Å²) in [5, 5.41) is 0. The summed E-state index contributed by atoms with van der Waals surface area (Å²) in [5.41, 5.74) is 1.66. The summed E-state index contributed by atoms with van der Waals surface area (Å²) < 4.78 is 1.18. The molecule has 1 heterocycles. The molecule has 0 saturated carbocycles. The maximum absolute atomic E-state index is 12.5. The van der Waals surface area contributed by atoms with Gasteiger partial charge in [0.1, 0.15) is 0 Å². The van der Waals surface area contributed by atoms with Gasteiger partial charge < -0.3 is 0 Å². The van der Waals surface area contributed by atoms with E-state index in [-0.39, 0.29) is 11.8 Å². The number of carbonyl (C=O) groups is 2. The molecular weight excluding hydrogens is 399 g/mol. The third-order valence-electron chi connectivity index (χ3n) is 4.95. The van der Waals surface area contributed by atoms with E-state index in [0.29, 0.717) is 19.5 Å². The first-order valence-electron chi connectivity index (χ1n) is 9.19. The number of anilines is 1. The van der Waals surface area contributed by atoms with Crippen LogP contribution in [0.1, 0.15) is 16.8 Å². The molecule has 5 nitrogen and oxygen atoms in total. The molecule has 0 aliphatic carbocycles. The Balaban J connectivity index is 1.44. The molecule has 0 bridgehead atoms. The van der Waals surface area contributed by atoms with Crippen LogP contribution in [-0.2, 0) is 4.79 Å². The van der Waals surface area contributed by atoms with Crippen molar-refractivity contribution in [2.45, 2.75) is 6.42 Å². The number of carbonyl (C=O) groups excluding carboxylic acids is 2. The van der Waals surface area contributed by atoms with Gasteiger partial charge in [-0.3, -0.25) is 4.79 Å². The summed E-state index contributed by atoms with van der Waals surface area (Å²) in [5.74, 6) is 0.201. The van der Waals surface area contributed by atoms with E-state index in [1.165, 1.54) is 4.40 Å². The fourth-order valence-electron chi connectivity index (χ4n) is 3.19. The zero-order valence-electron chi connectivity index (χ0n) is 15.6. The van der Waals surface area contributed by atoms with E-state index in [1.54, 1.807) is 4.90 Å². The first-order chi connectivity index (χ1) is 13.0. The first-order valence-corrected chi connectivity index (χ1v) is 10.2. The number of nitrogens with zero attached hydrogens (tertiary/aromatic N) is 3. The summed E-state index contributed by atoms with van der Waals surface area (Å²) >= 11 is 2.04. The van der Waals surface area contributed by atoms with Crippen LogP contribution in [0.4, 0.5) is 5.69 Å². The monoisotopic (exact) mass is 424 g/mol. The molecule has 6 heteroatoms. The van der Waals surface area contributed by atoms with Crippen LogP contribution in [0.2, 0.25) is 0 Å². The van der Waals surface area contributed by atoms with Gasteiger partial charge in [-0.15, -0.1) is 0 Å². The van der Waals surface area contributed by atoms with Gasteiger partial charge >= 0.3 is 122 Å². The van der Waals surface area contributed by atoms with E-state index in [4.69, 9.17) is 0 Å². The van der Waals surface area contributed by atoms with Gasteiger partial charge in [-0.1, -0.05) is 18.2 Å². The molecule has 139 valence electrons. The van der Waals surface area contributed by atoms with Crippen LogP contribution < -0.4 is 9.30 Å². The van der Waals surface area contributed by atoms with Gasteiger partial charge in [-0.25, -0.2) is 0 Å². The number of hydrogen-bond acceptors (Lipinski definition) is 3. The average molecular weight is 423 g/mol. The van der Waals surface area contributed by atoms with E-state index < -0.39 is 0 Å². The second-order valence-electron chi connectivity index (χ2n) is 6.75. The van der Waals surface area contributed by atoms with Gasteiger partial charge in [0.2, 0.25) is 0 Å². The molecule has 3 radical (unpaired) electrons. The van der Waals surface area contributed by atoms with E-state index in [0.717, 1.165) is 30.9 Å². The van der Waals surface area contributed by atoms with Crippen LogP contribution in [0.15, 0.2) is 54.6 Å². The Morgan fingerprint density at radius 2 is 1.59 bits per heavy atom. The Morgan fingerprint density at radius 1 is 0.963 bits per heavy atom. The molecule has 27 heavy (non-hydrogen) atoms. The van der Waals surface area contributed by atoms with Gasteiger partial charge in [0.25, 0.3) is 5.91 Å². The predicted molar refractivity (Wildman–Crippen MR) is 109 cm³/mol. The fraction of sp³-hybridized carbons (Fsp3) is 0.333. The minimum absolute atomic E-state index is 0.0884. The van der Waals surface area contributed by atoms with E-state index in [9.17, 15) is 9.59 Å². The molecule has 0 aromatic heterocycles. The Kier molecular flexibility index (Phi) is 6.69. The predicted octanol–water partition coefficient (Wildman–Crippen LogP) is 1.29. The molecule has 0 spiro atoms. The summed E-state index contributed by atoms with van der Waals surface area (Å²) in [6.45, 7) is 3.74. The van der Waals surface area contributed by atoms with Crippen molar-refractivity contribution in [1.82, 2.24) is 9.80 Å². The van der Waals surface area contributed by atoms with Crippen molar-refractivity contribution in [3.8, 4) is 0 Å². The first kappa shape index (κ1) is 19.6. The molecule has 0 unspecified atom stereocenters. The molecule has 0 atom stereocenters. The third kappa shape index (κ3) is 5.20. The molecule has 2 aromatic rings. The quantitative estimate of drug-likeness (QED) is 0.682. The summed E-state index contributed by atoms with van der Waals surface area (Å²) in [6, 6.07) is 17.4. The van der Waals surface area contributed by atoms with Gasteiger partial charge in [-0.05, 0) is 12.1 Å². The number of hydrogen-bond donors (Lipinski definition) is 0. The number of benzene rings is 2. The van der Waals surface area contributed by atoms with Crippen molar-refractivity contribution < 1.29 is 9.59 Å². The third-order valence-corrected chi connectivity index (χ3v) is 5.65. The molecule has 2 aromatic carbocycles. The summed E-state index contributed by atoms with van der Waals surface area (Å²) in [6.07, 6.45) is 0.483. The van der Waals surface area contributed by atoms with Crippen molar-refractivity contribution >= 4 is 38.4 Å². The summed E-state index contributed by atoms with van der Waals surface area (Å²) in [4.78, 5) is 30.8. The normalized spacial score (nSPS) is 14.8. The van der Waals surface area contributed by atoms with Crippen LogP contribution in [0.3, 0.4) is 0 Å². The van der Waals surface area contributed by atoms with Crippen LogP contribution in [0.5, 0.6) is 0 Å². The summed E-state index contributed by atoms with van der Waals surface area (Å²) in [7, 11) is 1.82. The van der Waals surface area contributed by atoms with Crippen LogP contribution >= 0.6 is 0 Å². The number of piperazine rings is 1. The molecule has 3 rings (SSSR count). The molecular formula is C21H24GeN3O2. The molecule has 0 N–H and O–H groups in total. The van der Waals surface area contributed by atoms with Crippen LogP contribution in [-0.4, -0.2) is 77.9 Å². The van der Waals surface area contributed by atoms with E-state index in [1.807, 2.05) is 83.1 Å². The zero-order chi connectivity index (χ0) is 19.2. The number of amides is 2. The Labute approximate surface area is 169 Å². The van der Waals surface area contributed by atoms with Crippen molar-refractivity contribution in [1.29, 1.82) is 0 Å². The van der Waals surface area contributed by atoms with Gasteiger partial charge in [0.15, 0.2) is 0 Å². The minimum atomic E-state index is 0.0884. The fourth-order valence-corrected chi connectivity index (χ4v) is 3.54. The van der Waals surface area contributed by atoms with E-state index in [2.05, 4.69) is 4.90 Å². The molecule has 1 aliphatic rings. The molecule has 1 saturated heterocycles. The van der Waals surface area contributed by atoms with Crippen molar-refractivity contribution in [3.63, 3.8) is 0 Å². The van der Waals surface area contributed by atoms with Crippen molar-refractivity contribution in [2.75, 3.05) is 44.7 Å². The zero-order valence-corrected chi connectivity index (χ0v) is 17.7. The Hall–Kier alpha value is -2.12. The Bertz CT molecular complexity index is 772. The van der Waals surface area contributed by atoms with E-state index >= 15 is 0 Å². The standard InChI is InChI=1S/C21H24GeN3O2/c1-23(19-9-7-18(22)8-10-19)20(26)11-12-24-13-15-25(16-14-24)21(27)17-5-3-2-4-6-17/h2-10H,11-16H2,1H3. The van der Waals surface area contributed by atoms with Gasteiger partial charge in [0.05, 0.1) is 0 Å². The average Bonchev–Trinajstić information content (AvgIpc) is 2.72. The Morgan fingerprint density at radius 3 is 2.22 bits per heavy atom. The molecule has 2 amide bonds. The molecule has 1 fully saturated rings.